The Morgan fingerprint density at radius 3 is 2.07 bits per heavy atom. The number of aromatic nitrogens is 3. The van der Waals surface area contributed by atoms with Gasteiger partial charge in [0.05, 0.1) is 11.4 Å². The first-order valence-electron chi connectivity index (χ1n) is 13.0. The summed E-state index contributed by atoms with van der Waals surface area (Å²) in [5.41, 5.74) is 7.72. The van der Waals surface area contributed by atoms with Crippen molar-refractivity contribution >= 4 is 68.6 Å². The molecule has 5 aromatic rings. The normalized spacial score (nSPS) is 11.2. The monoisotopic (exact) mass is 564 g/mol. The highest BCUT2D eigenvalue weighted by molar-refractivity contribution is 6.28. The molecule has 0 saturated heterocycles. The van der Waals surface area contributed by atoms with Gasteiger partial charge in [-0.1, -0.05) is 35.4 Å². The summed E-state index contributed by atoms with van der Waals surface area (Å²) in [6.45, 7) is 9.64. The molecule has 41 heavy (non-hydrogen) atoms. The van der Waals surface area contributed by atoms with Gasteiger partial charge < -0.3 is 16.0 Å². The molecule has 0 aliphatic rings. The Kier molecular flexibility index (Phi) is 7.89. The molecule has 206 valence electrons. The summed E-state index contributed by atoms with van der Waals surface area (Å²) in [5, 5.41) is 20.4. The molecule has 0 atom stereocenters. The van der Waals surface area contributed by atoms with Crippen molar-refractivity contribution in [3.8, 4) is 0 Å². The Morgan fingerprint density at radius 2 is 1.37 bits per heavy atom. The molecule has 10 heteroatoms. The number of benzene rings is 4. The van der Waals surface area contributed by atoms with E-state index < -0.39 is 0 Å². The van der Waals surface area contributed by atoms with Gasteiger partial charge in [-0.3, -0.25) is 4.79 Å². The minimum absolute atomic E-state index is 0.0285. The number of amides is 1. The Bertz CT molecular complexity index is 1800. The highest BCUT2D eigenvalue weighted by atomic mass is 35.5. The van der Waals surface area contributed by atoms with Crippen LogP contribution in [0.1, 0.15) is 29.2 Å². The summed E-state index contributed by atoms with van der Waals surface area (Å²) in [6, 6.07) is 21.6. The molecule has 1 amide bonds. The molecular formula is C31H29ClN8O. The lowest BCUT2D eigenvalue weighted by Gasteiger charge is -2.11. The number of hydrogen-bond donors (Lipinski definition) is 3. The first kappa shape index (κ1) is 27.7. The van der Waals surface area contributed by atoms with Crippen LogP contribution in [0.3, 0.4) is 0 Å². The quantitative estimate of drug-likeness (QED) is 0.170. The van der Waals surface area contributed by atoms with Gasteiger partial charge in [-0.15, -0.1) is 5.11 Å². The summed E-state index contributed by atoms with van der Waals surface area (Å²) in [4.78, 5) is 24.8. The van der Waals surface area contributed by atoms with Gasteiger partial charge in [-0.25, -0.2) is 0 Å². The van der Waals surface area contributed by atoms with Crippen LogP contribution in [-0.2, 0) is 4.79 Å². The predicted molar refractivity (Wildman–Crippen MR) is 166 cm³/mol. The third-order valence-electron chi connectivity index (χ3n) is 6.36. The lowest BCUT2D eigenvalue weighted by molar-refractivity contribution is -0.114. The van der Waals surface area contributed by atoms with Gasteiger partial charge in [0.25, 0.3) is 0 Å². The van der Waals surface area contributed by atoms with Crippen LogP contribution in [0.5, 0.6) is 0 Å². The molecule has 0 radical (unpaired) electrons. The highest BCUT2D eigenvalue weighted by Gasteiger charge is 2.11. The van der Waals surface area contributed by atoms with E-state index in [1.54, 1.807) is 18.2 Å². The molecule has 3 N–H and O–H groups in total. The maximum absolute atomic E-state index is 12.0. The topological polar surface area (TPSA) is 117 Å². The van der Waals surface area contributed by atoms with E-state index in [0.717, 1.165) is 27.9 Å². The van der Waals surface area contributed by atoms with Crippen LogP contribution >= 0.6 is 11.6 Å². The van der Waals surface area contributed by atoms with Crippen molar-refractivity contribution in [2.24, 2.45) is 10.2 Å². The largest absolute Gasteiger partial charge is 0.324 e. The maximum Gasteiger partial charge on any atom is 0.233 e. The van der Waals surface area contributed by atoms with E-state index in [1.807, 2.05) is 44.2 Å². The fourth-order valence-electron chi connectivity index (χ4n) is 4.45. The van der Waals surface area contributed by atoms with Crippen LogP contribution < -0.4 is 16.0 Å². The van der Waals surface area contributed by atoms with Gasteiger partial charge in [0, 0.05) is 18.3 Å². The van der Waals surface area contributed by atoms with E-state index in [0.29, 0.717) is 23.0 Å². The second kappa shape index (κ2) is 11.7. The van der Waals surface area contributed by atoms with E-state index in [9.17, 15) is 4.79 Å². The number of nitrogens with one attached hydrogen (secondary N) is 3. The van der Waals surface area contributed by atoms with Gasteiger partial charge in [0.15, 0.2) is 0 Å². The molecule has 0 aliphatic carbocycles. The Morgan fingerprint density at radius 1 is 0.707 bits per heavy atom. The minimum Gasteiger partial charge on any atom is -0.324 e. The first-order valence-corrected chi connectivity index (χ1v) is 13.4. The molecule has 0 aliphatic heterocycles. The SMILES string of the molecule is CC(=O)Nc1cc(Nc2nc(Cl)nc(Nc3ccc(C)cc3)n2)ccc1N=Nc1cc2c(C)cc(C)cc2cc1C. The van der Waals surface area contributed by atoms with Crippen LogP contribution in [0.2, 0.25) is 5.28 Å². The number of carbonyl (C=O) groups is 1. The standard InChI is InChI=1S/C31H29ClN8O/c1-17-6-8-23(9-7-17)34-30-36-29(32)37-31(38-30)35-24-10-11-26(28(15-24)33-21(5)41)39-40-27-16-25-19(3)12-18(2)13-22(25)14-20(27)4/h6-16H,1-5H3,(H,33,41)(H2,34,35,36,37,38). The van der Waals surface area contributed by atoms with E-state index >= 15 is 0 Å². The van der Waals surface area contributed by atoms with E-state index in [-0.39, 0.29) is 17.1 Å². The van der Waals surface area contributed by atoms with Crippen molar-refractivity contribution in [1.29, 1.82) is 0 Å². The smallest absolute Gasteiger partial charge is 0.233 e. The Labute approximate surface area is 243 Å². The summed E-state index contributed by atoms with van der Waals surface area (Å²) >= 11 is 6.17. The second-order valence-corrected chi connectivity index (χ2v) is 10.3. The minimum atomic E-state index is -0.237. The molecule has 0 spiro atoms. The van der Waals surface area contributed by atoms with Crippen LogP contribution in [0, 0.1) is 27.7 Å². The van der Waals surface area contributed by atoms with Gasteiger partial charge in [0.2, 0.25) is 23.1 Å². The zero-order chi connectivity index (χ0) is 29.1. The number of anilines is 5. The molecule has 0 unspecified atom stereocenters. The summed E-state index contributed by atoms with van der Waals surface area (Å²) in [5.74, 6) is 0.291. The molecule has 5 rings (SSSR count). The van der Waals surface area contributed by atoms with E-state index in [1.165, 1.54) is 23.4 Å². The summed E-state index contributed by atoms with van der Waals surface area (Å²) < 4.78 is 0. The molecule has 1 aromatic heterocycles. The van der Waals surface area contributed by atoms with E-state index in [2.05, 4.69) is 73.2 Å². The zero-order valence-electron chi connectivity index (χ0n) is 23.4. The van der Waals surface area contributed by atoms with Gasteiger partial charge >= 0.3 is 0 Å². The van der Waals surface area contributed by atoms with Gasteiger partial charge in [-0.2, -0.15) is 20.1 Å². The molecular weight excluding hydrogens is 536 g/mol. The third kappa shape index (κ3) is 6.82. The number of hydrogen-bond acceptors (Lipinski definition) is 8. The fourth-order valence-corrected chi connectivity index (χ4v) is 4.61. The fraction of sp³-hybridized carbons (Fsp3) is 0.161. The summed E-state index contributed by atoms with van der Waals surface area (Å²) in [7, 11) is 0. The van der Waals surface area contributed by atoms with Crippen molar-refractivity contribution in [2.45, 2.75) is 34.6 Å². The van der Waals surface area contributed by atoms with Crippen molar-refractivity contribution in [2.75, 3.05) is 16.0 Å². The highest BCUT2D eigenvalue weighted by Crippen LogP contribution is 2.34. The lowest BCUT2D eigenvalue weighted by atomic mass is 9.99. The number of rotatable bonds is 7. The second-order valence-electron chi connectivity index (χ2n) is 9.92. The number of aryl methyl sites for hydroxylation is 4. The number of halogens is 1. The molecule has 0 bridgehead atoms. The predicted octanol–water partition coefficient (Wildman–Crippen LogP) is 8.77. The Hall–Kier alpha value is -4.89. The molecule has 1 heterocycles. The molecule has 9 nitrogen and oxygen atoms in total. The molecule has 4 aromatic carbocycles. The van der Waals surface area contributed by atoms with Gasteiger partial charge in [0.1, 0.15) is 5.69 Å². The molecule has 0 fully saturated rings. The average molecular weight is 565 g/mol. The number of carbonyl (C=O) groups excluding carboxylic acids is 1. The summed E-state index contributed by atoms with van der Waals surface area (Å²) in [6.07, 6.45) is 0. The van der Waals surface area contributed by atoms with E-state index in [4.69, 9.17) is 11.6 Å². The number of nitrogens with zero attached hydrogens (tertiary/aromatic N) is 5. The average Bonchev–Trinajstić information content (AvgIpc) is 2.89. The van der Waals surface area contributed by atoms with Gasteiger partial charge in [-0.05, 0) is 104 Å². The Balaban J connectivity index is 1.41. The third-order valence-corrected chi connectivity index (χ3v) is 6.53. The maximum atomic E-state index is 12.0. The van der Waals surface area contributed by atoms with Crippen molar-refractivity contribution in [3.05, 3.63) is 94.3 Å². The van der Waals surface area contributed by atoms with Crippen LogP contribution in [0.4, 0.5) is 40.3 Å². The first-order chi connectivity index (χ1) is 19.6. The van der Waals surface area contributed by atoms with Crippen molar-refractivity contribution in [1.82, 2.24) is 15.0 Å². The lowest BCUT2D eigenvalue weighted by Crippen LogP contribution is -2.07. The zero-order valence-corrected chi connectivity index (χ0v) is 24.1. The molecule has 0 saturated carbocycles. The van der Waals surface area contributed by atoms with Crippen LogP contribution in [-0.4, -0.2) is 20.9 Å². The van der Waals surface area contributed by atoms with Crippen molar-refractivity contribution in [3.63, 3.8) is 0 Å². The van der Waals surface area contributed by atoms with Crippen LogP contribution in [0.25, 0.3) is 10.8 Å². The number of azo groups is 1. The van der Waals surface area contributed by atoms with Crippen LogP contribution in [0.15, 0.2) is 77.0 Å². The number of fused-ring (bicyclic) bond motifs is 1. The van der Waals surface area contributed by atoms with Crippen molar-refractivity contribution < 1.29 is 4.79 Å².